The molecule has 3 nitrogen and oxygen atoms in total. The molecule has 2 unspecified atom stereocenters. The maximum Gasteiger partial charge on any atom is 0.238 e. The normalized spacial score (nSPS) is 14.8. The molecule has 0 bridgehead atoms. The summed E-state index contributed by atoms with van der Waals surface area (Å²) in [4.78, 5) is 15.5. The number of hydrogen-bond acceptors (Lipinski definition) is 3. The average molecular weight is 233 g/mol. The Morgan fingerprint density at radius 1 is 1.79 bits per heavy atom. The summed E-state index contributed by atoms with van der Waals surface area (Å²) < 4.78 is 0. The van der Waals surface area contributed by atoms with Gasteiger partial charge in [0.25, 0.3) is 0 Å². The molecular weight excluding hydrogens is 220 g/mol. The van der Waals surface area contributed by atoms with Gasteiger partial charge in [0, 0.05) is 11.6 Å². The Balaban J connectivity index is 2.61. The van der Waals surface area contributed by atoms with Crippen LogP contribution in [0.25, 0.3) is 0 Å². The van der Waals surface area contributed by atoms with Crippen molar-refractivity contribution in [1.29, 1.82) is 0 Å². The number of amides is 1. The lowest BCUT2D eigenvalue weighted by Gasteiger charge is -2.15. The molecule has 0 aromatic carbocycles. The maximum absolute atomic E-state index is 11.3. The highest BCUT2D eigenvalue weighted by Crippen LogP contribution is 2.18. The molecule has 1 amide bonds. The summed E-state index contributed by atoms with van der Waals surface area (Å²) in [6.07, 6.45) is 2.56. The average Bonchev–Trinajstić information content (AvgIpc) is 2.66. The first-order chi connectivity index (χ1) is 6.65. The highest BCUT2D eigenvalue weighted by Gasteiger charge is 2.17. The Bertz CT molecular complexity index is 287. The first kappa shape index (κ1) is 11.5. The van der Waals surface area contributed by atoms with Crippen LogP contribution < -0.4 is 5.32 Å². The second-order valence-electron chi connectivity index (χ2n) is 2.96. The number of halogens is 1. The van der Waals surface area contributed by atoms with Gasteiger partial charge in [-0.3, -0.25) is 4.79 Å². The van der Waals surface area contributed by atoms with Crippen LogP contribution in [0.2, 0.25) is 0 Å². The van der Waals surface area contributed by atoms with Gasteiger partial charge in [0.15, 0.2) is 0 Å². The van der Waals surface area contributed by atoms with E-state index in [1.807, 2.05) is 12.3 Å². The summed E-state index contributed by atoms with van der Waals surface area (Å²) in [6, 6.07) is -0.0105. The van der Waals surface area contributed by atoms with Crippen molar-refractivity contribution in [3.63, 3.8) is 0 Å². The lowest BCUT2D eigenvalue weighted by molar-refractivity contribution is -0.121. The number of hydrogen-bond donors (Lipinski definition) is 1. The standard InChI is InChI=1S/C9H13ClN2OS/c1-3-7(9-11-4-5-14-9)12-8(13)6(2)10/h4-7H,3H2,1-2H3,(H,12,13). The molecule has 0 aliphatic heterocycles. The molecule has 14 heavy (non-hydrogen) atoms. The number of rotatable bonds is 4. The predicted molar refractivity (Wildman–Crippen MR) is 58.6 cm³/mol. The minimum atomic E-state index is -0.496. The molecule has 1 heterocycles. The van der Waals surface area contributed by atoms with Gasteiger partial charge in [0.2, 0.25) is 5.91 Å². The third-order valence-corrected chi connectivity index (χ3v) is 2.92. The predicted octanol–water partition coefficient (Wildman–Crippen LogP) is 2.34. The second-order valence-corrected chi connectivity index (χ2v) is 4.54. The fourth-order valence-corrected chi connectivity index (χ4v) is 1.87. The Morgan fingerprint density at radius 2 is 2.50 bits per heavy atom. The molecule has 0 aliphatic rings. The minimum absolute atomic E-state index is 0.0105. The van der Waals surface area contributed by atoms with Crippen molar-refractivity contribution in [3.05, 3.63) is 16.6 Å². The Kier molecular flexibility index (Phi) is 4.35. The number of alkyl halides is 1. The Hall–Kier alpha value is -0.610. The molecule has 5 heteroatoms. The monoisotopic (exact) mass is 232 g/mol. The van der Waals surface area contributed by atoms with Crippen LogP contribution in [0.5, 0.6) is 0 Å². The maximum atomic E-state index is 11.3. The van der Waals surface area contributed by atoms with Crippen molar-refractivity contribution in [3.8, 4) is 0 Å². The number of carbonyl (C=O) groups is 1. The lowest BCUT2D eigenvalue weighted by atomic mass is 10.2. The fraction of sp³-hybridized carbons (Fsp3) is 0.556. The van der Waals surface area contributed by atoms with Gasteiger partial charge < -0.3 is 5.32 Å². The molecule has 1 N–H and O–H groups in total. The van der Waals surface area contributed by atoms with Crippen molar-refractivity contribution < 1.29 is 4.79 Å². The van der Waals surface area contributed by atoms with Gasteiger partial charge in [0.1, 0.15) is 10.4 Å². The van der Waals surface area contributed by atoms with Crippen molar-refractivity contribution in [2.24, 2.45) is 0 Å². The van der Waals surface area contributed by atoms with E-state index in [0.29, 0.717) is 0 Å². The van der Waals surface area contributed by atoms with Gasteiger partial charge in [-0.05, 0) is 13.3 Å². The third kappa shape index (κ3) is 2.96. The Labute approximate surface area is 92.5 Å². The molecule has 1 aromatic heterocycles. The van der Waals surface area contributed by atoms with Gasteiger partial charge in [-0.15, -0.1) is 22.9 Å². The summed E-state index contributed by atoms with van der Waals surface area (Å²) in [5, 5.41) is 5.18. The van der Waals surface area contributed by atoms with Crippen LogP contribution in [0.1, 0.15) is 31.3 Å². The molecule has 0 aliphatic carbocycles. The number of carbonyl (C=O) groups excluding carboxylic acids is 1. The van der Waals surface area contributed by atoms with Crippen LogP contribution >= 0.6 is 22.9 Å². The summed E-state index contributed by atoms with van der Waals surface area (Å²) in [5.74, 6) is -0.145. The van der Waals surface area contributed by atoms with E-state index in [9.17, 15) is 4.79 Å². The van der Waals surface area contributed by atoms with Crippen LogP contribution in [-0.4, -0.2) is 16.3 Å². The lowest BCUT2D eigenvalue weighted by Crippen LogP contribution is -2.33. The van der Waals surface area contributed by atoms with Crippen molar-refractivity contribution >= 4 is 28.8 Å². The zero-order chi connectivity index (χ0) is 10.6. The highest BCUT2D eigenvalue weighted by atomic mass is 35.5. The molecule has 2 atom stereocenters. The quantitative estimate of drug-likeness (QED) is 0.810. The minimum Gasteiger partial charge on any atom is -0.346 e. The van der Waals surface area contributed by atoms with Crippen LogP contribution in [0.3, 0.4) is 0 Å². The molecule has 78 valence electrons. The fourth-order valence-electron chi connectivity index (χ4n) is 1.03. The largest absolute Gasteiger partial charge is 0.346 e. The molecule has 0 saturated carbocycles. The first-order valence-corrected chi connectivity index (χ1v) is 5.80. The third-order valence-electron chi connectivity index (χ3n) is 1.84. The van der Waals surface area contributed by atoms with E-state index < -0.39 is 5.38 Å². The van der Waals surface area contributed by atoms with Gasteiger partial charge in [-0.1, -0.05) is 6.92 Å². The Morgan fingerprint density at radius 3 is 2.93 bits per heavy atom. The topological polar surface area (TPSA) is 42.0 Å². The smallest absolute Gasteiger partial charge is 0.238 e. The van der Waals surface area contributed by atoms with E-state index in [2.05, 4.69) is 10.3 Å². The zero-order valence-corrected chi connectivity index (χ0v) is 9.73. The summed E-state index contributed by atoms with van der Waals surface area (Å²) in [7, 11) is 0. The van der Waals surface area contributed by atoms with Crippen LogP contribution in [0.15, 0.2) is 11.6 Å². The van der Waals surface area contributed by atoms with E-state index >= 15 is 0 Å². The van der Waals surface area contributed by atoms with E-state index in [0.717, 1.165) is 11.4 Å². The second kappa shape index (κ2) is 5.32. The molecule has 0 spiro atoms. The van der Waals surface area contributed by atoms with Crippen LogP contribution in [0, 0.1) is 0 Å². The first-order valence-electron chi connectivity index (χ1n) is 4.49. The molecule has 0 saturated heterocycles. The van der Waals surface area contributed by atoms with Crippen molar-refractivity contribution in [2.75, 3.05) is 0 Å². The van der Waals surface area contributed by atoms with Crippen molar-refractivity contribution in [1.82, 2.24) is 10.3 Å². The summed E-state index contributed by atoms with van der Waals surface area (Å²) in [6.45, 7) is 3.66. The van der Waals surface area contributed by atoms with E-state index in [1.54, 1.807) is 24.5 Å². The van der Waals surface area contributed by atoms with Crippen LogP contribution in [0.4, 0.5) is 0 Å². The number of nitrogens with one attached hydrogen (secondary N) is 1. The van der Waals surface area contributed by atoms with E-state index in [4.69, 9.17) is 11.6 Å². The molecular formula is C9H13ClN2OS. The molecule has 0 radical (unpaired) electrons. The number of thiazole rings is 1. The molecule has 1 aromatic rings. The van der Waals surface area contributed by atoms with Gasteiger partial charge in [-0.2, -0.15) is 0 Å². The molecule has 1 rings (SSSR count). The van der Waals surface area contributed by atoms with Crippen LogP contribution in [-0.2, 0) is 4.79 Å². The SMILES string of the molecule is CCC(NC(=O)C(C)Cl)c1nccs1. The molecule has 0 fully saturated rings. The van der Waals surface area contributed by atoms with Crippen molar-refractivity contribution in [2.45, 2.75) is 31.7 Å². The van der Waals surface area contributed by atoms with Gasteiger partial charge >= 0.3 is 0 Å². The highest BCUT2D eigenvalue weighted by molar-refractivity contribution is 7.09. The van der Waals surface area contributed by atoms with Gasteiger partial charge in [-0.25, -0.2) is 4.98 Å². The van der Waals surface area contributed by atoms with Gasteiger partial charge in [0.05, 0.1) is 6.04 Å². The summed E-state index contributed by atoms with van der Waals surface area (Å²) >= 11 is 7.20. The number of nitrogens with zero attached hydrogens (tertiary/aromatic N) is 1. The van der Waals surface area contributed by atoms with E-state index in [1.165, 1.54) is 0 Å². The van der Waals surface area contributed by atoms with E-state index in [-0.39, 0.29) is 11.9 Å². The number of aromatic nitrogens is 1. The summed E-state index contributed by atoms with van der Waals surface area (Å²) in [5.41, 5.74) is 0. The zero-order valence-electron chi connectivity index (χ0n) is 8.16.